The highest BCUT2D eigenvalue weighted by molar-refractivity contribution is 6.06. The number of nitrogens with one attached hydrogen (secondary N) is 1. The van der Waals surface area contributed by atoms with Crippen molar-refractivity contribution in [2.45, 2.75) is 31.2 Å². The number of non-ortho nitro benzene ring substituents is 1. The lowest BCUT2D eigenvalue weighted by atomic mass is 9.87. The first-order valence-corrected chi connectivity index (χ1v) is 10.2. The maximum atomic E-state index is 13.6. The van der Waals surface area contributed by atoms with Crippen molar-refractivity contribution in [3.63, 3.8) is 0 Å². The van der Waals surface area contributed by atoms with Crippen LogP contribution in [-0.4, -0.2) is 33.3 Å². The van der Waals surface area contributed by atoms with Crippen molar-refractivity contribution < 1.29 is 9.72 Å². The molecule has 152 valence electrons. The van der Waals surface area contributed by atoms with Gasteiger partial charge in [0.1, 0.15) is 0 Å². The van der Waals surface area contributed by atoms with E-state index < -0.39 is 4.92 Å². The van der Waals surface area contributed by atoms with E-state index in [0.29, 0.717) is 23.4 Å². The molecule has 1 amide bonds. The van der Waals surface area contributed by atoms with Gasteiger partial charge in [0.2, 0.25) is 5.56 Å². The number of aromatic amines is 1. The largest absolute Gasteiger partial charge is 0.335 e. The minimum atomic E-state index is -0.493. The Morgan fingerprint density at radius 3 is 2.67 bits per heavy atom. The van der Waals surface area contributed by atoms with Crippen LogP contribution in [0.4, 0.5) is 5.69 Å². The number of fused-ring (bicyclic) bond motifs is 2. The fourth-order valence-electron chi connectivity index (χ4n) is 5.28. The monoisotopic (exact) mass is 403 g/mol. The molecule has 7 heteroatoms. The highest BCUT2D eigenvalue weighted by Crippen LogP contribution is 2.46. The second-order valence-corrected chi connectivity index (χ2v) is 8.17. The van der Waals surface area contributed by atoms with E-state index in [-0.39, 0.29) is 34.7 Å². The zero-order valence-electron chi connectivity index (χ0n) is 16.3. The van der Waals surface area contributed by atoms with Crippen LogP contribution in [0.25, 0.3) is 10.9 Å². The molecule has 1 aliphatic carbocycles. The van der Waals surface area contributed by atoms with Crippen molar-refractivity contribution in [2.75, 3.05) is 6.54 Å². The number of pyridine rings is 1. The van der Waals surface area contributed by atoms with Crippen LogP contribution < -0.4 is 5.56 Å². The van der Waals surface area contributed by atoms with Gasteiger partial charge < -0.3 is 9.88 Å². The molecule has 7 nitrogen and oxygen atoms in total. The van der Waals surface area contributed by atoms with Gasteiger partial charge in [0.15, 0.2) is 0 Å². The quantitative estimate of drug-likeness (QED) is 0.531. The Balaban J connectivity index is 1.57. The van der Waals surface area contributed by atoms with Crippen molar-refractivity contribution >= 4 is 22.5 Å². The molecule has 1 saturated heterocycles. The smallest absolute Gasteiger partial charge is 0.270 e. The lowest BCUT2D eigenvalue weighted by Crippen LogP contribution is -2.36. The predicted molar refractivity (Wildman–Crippen MR) is 113 cm³/mol. The maximum Gasteiger partial charge on any atom is 0.270 e. The molecule has 30 heavy (non-hydrogen) atoms. The molecule has 0 radical (unpaired) electrons. The Morgan fingerprint density at radius 1 is 1.10 bits per heavy atom. The van der Waals surface area contributed by atoms with Crippen LogP contribution in [0.2, 0.25) is 0 Å². The lowest BCUT2D eigenvalue weighted by Gasteiger charge is -2.24. The van der Waals surface area contributed by atoms with Crippen LogP contribution >= 0.6 is 0 Å². The molecule has 1 aliphatic heterocycles. The van der Waals surface area contributed by atoms with Crippen LogP contribution in [0, 0.1) is 16.0 Å². The average Bonchev–Trinajstić information content (AvgIpc) is 3.35. The van der Waals surface area contributed by atoms with Gasteiger partial charge in [-0.2, -0.15) is 0 Å². The fraction of sp³-hybridized carbons (Fsp3) is 0.304. The zero-order valence-corrected chi connectivity index (χ0v) is 16.3. The summed E-state index contributed by atoms with van der Waals surface area (Å²) >= 11 is 0. The summed E-state index contributed by atoms with van der Waals surface area (Å²) in [5, 5.41) is 11.6. The topological polar surface area (TPSA) is 96.3 Å². The van der Waals surface area contributed by atoms with E-state index in [1.165, 1.54) is 29.8 Å². The molecular weight excluding hydrogens is 382 g/mol. The SMILES string of the molecule is O=C(c1cc(=O)[nH]c2ccc([N+](=O)[O-])cc12)N1C[C@H](c2ccccc2)[C@@H]2CCC[C@H]21. The van der Waals surface area contributed by atoms with Crippen molar-refractivity contribution in [1.29, 1.82) is 0 Å². The number of nitro groups is 1. The highest BCUT2D eigenvalue weighted by Gasteiger charge is 2.47. The van der Waals surface area contributed by atoms with Crippen LogP contribution in [-0.2, 0) is 0 Å². The number of nitrogens with zero attached hydrogens (tertiary/aromatic N) is 2. The van der Waals surface area contributed by atoms with Gasteiger partial charge in [-0.3, -0.25) is 19.7 Å². The number of hydrogen-bond acceptors (Lipinski definition) is 4. The Hall–Kier alpha value is -3.48. The molecule has 3 aromatic rings. The first kappa shape index (κ1) is 18.5. The summed E-state index contributed by atoms with van der Waals surface area (Å²) in [6.45, 7) is 0.599. The Kier molecular flexibility index (Phi) is 4.38. The third kappa shape index (κ3) is 2.98. The average molecular weight is 403 g/mol. The van der Waals surface area contributed by atoms with Crippen molar-refractivity contribution in [3.8, 4) is 0 Å². The van der Waals surface area contributed by atoms with Crippen molar-refractivity contribution in [1.82, 2.24) is 9.88 Å². The van der Waals surface area contributed by atoms with Gasteiger partial charge in [-0.1, -0.05) is 36.8 Å². The third-order valence-corrected chi connectivity index (χ3v) is 6.60. The lowest BCUT2D eigenvalue weighted by molar-refractivity contribution is -0.384. The van der Waals surface area contributed by atoms with E-state index in [4.69, 9.17) is 0 Å². The molecule has 2 aromatic carbocycles. The summed E-state index contributed by atoms with van der Waals surface area (Å²) in [6, 6.07) is 15.9. The number of likely N-dealkylation sites (tertiary alicyclic amines) is 1. The summed E-state index contributed by atoms with van der Waals surface area (Å²) in [7, 11) is 0. The zero-order chi connectivity index (χ0) is 20.8. The maximum absolute atomic E-state index is 13.6. The van der Waals surface area contributed by atoms with Gasteiger partial charge in [-0.15, -0.1) is 0 Å². The summed E-state index contributed by atoms with van der Waals surface area (Å²) in [5.74, 6) is 0.450. The second-order valence-electron chi connectivity index (χ2n) is 8.17. The summed E-state index contributed by atoms with van der Waals surface area (Å²) < 4.78 is 0. The van der Waals surface area contributed by atoms with Gasteiger partial charge in [0.25, 0.3) is 11.6 Å². The number of carbonyl (C=O) groups excluding carboxylic acids is 1. The predicted octanol–water partition coefficient (Wildman–Crippen LogP) is 3.84. The minimum absolute atomic E-state index is 0.106. The number of aromatic nitrogens is 1. The molecule has 2 heterocycles. The van der Waals surface area contributed by atoms with Crippen molar-refractivity contribution in [2.24, 2.45) is 5.92 Å². The Labute approximate surface area is 172 Å². The molecule has 0 spiro atoms. The van der Waals surface area contributed by atoms with Crippen LogP contribution in [0.1, 0.15) is 41.1 Å². The molecule has 5 rings (SSSR count). The fourth-order valence-corrected chi connectivity index (χ4v) is 5.28. The molecule has 3 atom stereocenters. The normalized spacial score (nSPS) is 22.9. The first-order valence-electron chi connectivity index (χ1n) is 10.2. The van der Waals surface area contributed by atoms with Crippen LogP contribution in [0.15, 0.2) is 59.4 Å². The van der Waals surface area contributed by atoms with E-state index >= 15 is 0 Å². The summed E-state index contributed by atoms with van der Waals surface area (Å²) in [6.07, 6.45) is 3.10. The minimum Gasteiger partial charge on any atom is -0.335 e. The Morgan fingerprint density at radius 2 is 1.90 bits per heavy atom. The van der Waals surface area contributed by atoms with Gasteiger partial charge in [-0.25, -0.2) is 0 Å². The first-order chi connectivity index (χ1) is 14.5. The standard InChI is InChI=1S/C23H21N3O4/c27-22-12-18(17-11-15(26(29)30)9-10-20(17)24-22)23(28)25-13-19(14-5-2-1-3-6-14)16-7-4-8-21(16)25/h1-3,5-6,9-12,16,19,21H,4,7-8,13H2,(H,24,27)/t16-,19+,21+/m0/s1. The van der Waals surface area contributed by atoms with E-state index in [2.05, 4.69) is 17.1 Å². The number of H-pyrrole nitrogens is 1. The molecule has 1 N–H and O–H groups in total. The number of hydrogen-bond donors (Lipinski definition) is 1. The number of nitro benzene ring substituents is 1. The molecule has 0 bridgehead atoms. The Bertz CT molecular complexity index is 1200. The van der Waals surface area contributed by atoms with E-state index in [1.807, 2.05) is 23.1 Å². The highest BCUT2D eigenvalue weighted by atomic mass is 16.6. The van der Waals surface area contributed by atoms with E-state index in [0.717, 1.165) is 19.3 Å². The molecule has 1 aromatic heterocycles. The number of benzene rings is 2. The third-order valence-electron chi connectivity index (χ3n) is 6.60. The van der Waals surface area contributed by atoms with Gasteiger partial charge in [0.05, 0.1) is 10.5 Å². The molecular formula is C23H21N3O4. The van der Waals surface area contributed by atoms with E-state index in [1.54, 1.807) is 0 Å². The second kappa shape index (κ2) is 7.09. The molecule has 1 saturated carbocycles. The summed E-state index contributed by atoms with van der Waals surface area (Å²) in [4.78, 5) is 41.1. The van der Waals surface area contributed by atoms with Gasteiger partial charge in [-0.05, 0) is 30.4 Å². The molecule has 0 unspecified atom stereocenters. The van der Waals surface area contributed by atoms with E-state index in [9.17, 15) is 19.7 Å². The van der Waals surface area contributed by atoms with Crippen LogP contribution in [0.3, 0.4) is 0 Å². The molecule has 2 aliphatic rings. The summed E-state index contributed by atoms with van der Waals surface area (Å²) in [5.41, 5.74) is 1.40. The van der Waals surface area contributed by atoms with Gasteiger partial charge >= 0.3 is 0 Å². The van der Waals surface area contributed by atoms with Gasteiger partial charge in [0, 0.05) is 47.6 Å². The van der Waals surface area contributed by atoms with Crippen LogP contribution in [0.5, 0.6) is 0 Å². The van der Waals surface area contributed by atoms with Crippen molar-refractivity contribution in [3.05, 3.63) is 86.2 Å². The molecule has 2 fully saturated rings. The number of amides is 1. The number of rotatable bonds is 3. The number of carbonyl (C=O) groups is 1.